The van der Waals surface area contributed by atoms with Gasteiger partial charge in [-0.3, -0.25) is 14.7 Å². The third kappa shape index (κ3) is 2.82. The molecule has 2 bridgehead atoms. The number of fused-ring (bicyclic) bond motifs is 3. The van der Waals surface area contributed by atoms with Gasteiger partial charge < -0.3 is 9.73 Å². The third-order valence-electron chi connectivity index (χ3n) is 5.29. The molecule has 3 aliphatic heterocycles. The van der Waals surface area contributed by atoms with Crippen LogP contribution in [0, 0.1) is 5.92 Å². The molecule has 126 valence electrons. The molecule has 1 N–H and O–H groups in total. The van der Waals surface area contributed by atoms with Crippen molar-refractivity contribution in [3.8, 4) is 11.3 Å². The number of rotatable bonds is 3. The SMILES string of the molecule is CC1C(NC(=O)c2ccc(-c3cncc(Cl)c3)o2)C2CCN1CC2. The smallest absolute Gasteiger partial charge is 0.287 e. The van der Waals surface area contributed by atoms with Crippen molar-refractivity contribution in [1.29, 1.82) is 0 Å². The highest BCUT2D eigenvalue weighted by atomic mass is 35.5. The Morgan fingerprint density at radius 2 is 2.12 bits per heavy atom. The Bertz CT molecular complexity index is 750. The Labute approximate surface area is 146 Å². The van der Waals surface area contributed by atoms with E-state index in [4.69, 9.17) is 16.0 Å². The van der Waals surface area contributed by atoms with Gasteiger partial charge in [-0.05, 0) is 57.0 Å². The van der Waals surface area contributed by atoms with Crippen molar-refractivity contribution in [3.63, 3.8) is 0 Å². The van der Waals surface area contributed by atoms with Crippen molar-refractivity contribution in [3.05, 3.63) is 41.4 Å². The molecule has 0 aliphatic carbocycles. The molecule has 0 spiro atoms. The highest BCUT2D eigenvalue weighted by Crippen LogP contribution is 2.32. The first-order chi connectivity index (χ1) is 11.6. The maximum Gasteiger partial charge on any atom is 0.287 e. The number of pyridine rings is 1. The summed E-state index contributed by atoms with van der Waals surface area (Å²) in [6, 6.07) is 5.83. The van der Waals surface area contributed by atoms with E-state index in [0.717, 1.165) is 31.5 Å². The Hall–Kier alpha value is -1.85. The van der Waals surface area contributed by atoms with Crippen molar-refractivity contribution >= 4 is 17.5 Å². The van der Waals surface area contributed by atoms with Gasteiger partial charge in [0.2, 0.25) is 0 Å². The van der Waals surface area contributed by atoms with Crippen molar-refractivity contribution < 1.29 is 9.21 Å². The molecule has 0 aromatic carbocycles. The van der Waals surface area contributed by atoms with Gasteiger partial charge in [-0.25, -0.2) is 0 Å². The van der Waals surface area contributed by atoms with Crippen LogP contribution in [0.4, 0.5) is 0 Å². The Morgan fingerprint density at radius 1 is 1.33 bits per heavy atom. The fourth-order valence-electron chi connectivity index (χ4n) is 3.93. The molecule has 5 rings (SSSR count). The van der Waals surface area contributed by atoms with E-state index in [9.17, 15) is 4.79 Å². The van der Waals surface area contributed by atoms with E-state index in [-0.39, 0.29) is 11.9 Å². The van der Waals surface area contributed by atoms with Gasteiger partial charge in [0, 0.05) is 30.0 Å². The zero-order valence-corrected chi connectivity index (χ0v) is 14.3. The van der Waals surface area contributed by atoms with Crippen LogP contribution in [-0.2, 0) is 0 Å². The zero-order chi connectivity index (χ0) is 16.7. The van der Waals surface area contributed by atoms with Crippen LogP contribution in [0.1, 0.15) is 30.3 Å². The minimum atomic E-state index is -0.151. The molecule has 6 heteroatoms. The van der Waals surface area contributed by atoms with Gasteiger partial charge in [0.05, 0.1) is 5.02 Å². The molecular weight excluding hydrogens is 326 g/mol. The fourth-order valence-corrected chi connectivity index (χ4v) is 4.10. The number of carbonyl (C=O) groups excluding carboxylic acids is 1. The summed E-state index contributed by atoms with van der Waals surface area (Å²) in [7, 11) is 0. The quantitative estimate of drug-likeness (QED) is 0.928. The number of amides is 1. The second-order valence-corrected chi connectivity index (χ2v) is 7.11. The normalized spacial score (nSPS) is 28.8. The largest absolute Gasteiger partial charge is 0.451 e. The van der Waals surface area contributed by atoms with E-state index in [1.807, 2.05) is 0 Å². The number of aromatic nitrogens is 1. The Morgan fingerprint density at radius 3 is 2.83 bits per heavy atom. The van der Waals surface area contributed by atoms with Crippen molar-refractivity contribution in [1.82, 2.24) is 15.2 Å². The van der Waals surface area contributed by atoms with Crippen LogP contribution in [0.3, 0.4) is 0 Å². The van der Waals surface area contributed by atoms with Gasteiger partial charge in [0.1, 0.15) is 5.76 Å². The lowest BCUT2D eigenvalue weighted by molar-refractivity contribution is 0.0211. The van der Waals surface area contributed by atoms with Gasteiger partial charge in [0.15, 0.2) is 5.76 Å². The lowest BCUT2D eigenvalue weighted by Crippen LogP contribution is -2.62. The first-order valence-electron chi connectivity index (χ1n) is 8.37. The minimum Gasteiger partial charge on any atom is -0.451 e. The summed E-state index contributed by atoms with van der Waals surface area (Å²) in [5, 5.41) is 3.71. The number of halogens is 1. The van der Waals surface area contributed by atoms with Crippen LogP contribution in [0.5, 0.6) is 0 Å². The molecule has 0 radical (unpaired) electrons. The number of hydrogen-bond donors (Lipinski definition) is 1. The summed E-state index contributed by atoms with van der Waals surface area (Å²) in [5.74, 6) is 1.34. The number of piperidine rings is 3. The molecule has 5 heterocycles. The highest BCUT2D eigenvalue weighted by molar-refractivity contribution is 6.30. The van der Waals surface area contributed by atoms with E-state index >= 15 is 0 Å². The number of carbonyl (C=O) groups is 1. The molecule has 3 saturated heterocycles. The standard InChI is InChI=1S/C18H20ClN3O2/c1-11-17(12-4-6-22(11)7-5-12)21-18(23)16-3-2-15(24-16)13-8-14(19)10-20-9-13/h2-3,8-12,17H,4-7H2,1H3,(H,21,23). The third-order valence-corrected chi connectivity index (χ3v) is 5.50. The molecular formula is C18H20ClN3O2. The second kappa shape index (κ2) is 6.22. The summed E-state index contributed by atoms with van der Waals surface area (Å²) in [6.07, 6.45) is 5.55. The highest BCUT2D eigenvalue weighted by Gasteiger charge is 2.40. The van der Waals surface area contributed by atoms with Crippen LogP contribution in [0.25, 0.3) is 11.3 Å². The second-order valence-electron chi connectivity index (χ2n) is 6.67. The number of hydrogen-bond acceptors (Lipinski definition) is 4. The van der Waals surface area contributed by atoms with Crippen LogP contribution in [0.15, 0.2) is 35.0 Å². The molecule has 0 saturated carbocycles. The first kappa shape index (κ1) is 15.7. The minimum absolute atomic E-state index is 0.151. The monoisotopic (exact) mass is 345 g/mol. The molecule has 24 heavy (non-hydrogen) atoms. The summed E-state index contributed by atoms with van der Waals surface area (Å²) < 4.78 is 5.72. The van der Waals surface area contributed by atoms with E-state index in [2.05, 4.69) is 22.1 Å². The van der Waals surface area contributed by atoms with E-state index < -0.39 is 0 Å². The van der Waals surface area contributed by atoms with Crippen molar-refractivity contribution in [2.45, 2.75) is 31.8 Å². The molecule has 3 aliphatic rings. The Balaban J connectivity index is 1.49. The van der Waals surface area contributed by atoms with Gasteiger partial charge in [0.25, 0.3) is 5.91 Å². The average Bonchev–Trinajstić information content (AvgIpc) is 3.09. The summed E-state index contributed by atoms with van der Waals surface area (Å²) in [4.78, 5) is 19.1. The lowest BCUT2D eigenvalue weighted by Gasteiger charge is -2.49. The molecule has 2 atom stereocenters. The zero-order valence-electron chi connectivity index (χ0n) is 13.5. The van der Waals surface area contributed by atoms with Gasteiger partial charge in [-0.15, -0.1) is 0 Å². The van der Waals surface area contributed by atoms with Crippen LogP contribution in [0.2, 0.25) is 5.02 Å². The topological polar surface area (TPSA) is 58.4 Å². The van der Waals surface area contributed by atoms with E-state index in [0.29, 0.717) is 28.5 Å². The number of nitrogens with zero attached hydrogens (tertiary/aromatic N) is 2. The van der Waals surface area contributed by atoms with Gasteiger partial charge in [-0.2, -0.15) is 0 Å². The maximum atomic E-state index is 12.6. The predicted molar refractivity (Wildman–Crippen MR) is 92.0 cm³/mol. The molecule has 3 fully saturated rings. The number of furan rings is 1. The van der Waals surface area contributed by atoms with Crippen molar-refractivity contribution in [2.75, 3.05) is 13.1 Å². The summed E-state index contributed by atoms with van der Waals surface area (Å²) >= 11 is 5.96. The van der Waals surface area contributed by atoms with Crippen LogP contribution >= 0.6 is 11.6 Å². The molecule has 5 nitrogen and oxygen atoms in total. The van der Waals surface area contributed by atoms with Gasteiger partial charge >= 0.3 is 0 Å². The van der Waals surface area contributed by atoms with Crippen LogP contribution in [-0.4, -0.2) is 41.0 Å². The first-order valence-corrected chi connectivity index (χ1v) is 8.75. The average molecular weight is 346 g/mol. The maximum absolute atomic E-state index is 12.6. The fraction of sp³-hybridized carbons (Fsp3) is 0.444. The summed E-state index contributed by atoms with van der Waals surface area (Å²) in [5.41, 5.74) is 0.762. The van der Waals surface area contributed by atoms with Crippen molar-refractivity contribution in [2.24, 2.45) is 5.92 Å². The van der Waals surface area contributed by atoms with Crippen LogP contribution < -0.4 is 5.32 Å². The predicted octanol–water partition coefficient (Wildman–Crippen LogP) is 3.21. The van der Waals surface area contributed by atoms with Gasteiger partial charge in [-0.1, -0.05) is 11.6 Å². The van der Waals surface area contributed by atoms with E-state index in [1.54, 1.807) is 30.6 Å². The molecule has 2 aromatic heterocycles. The number of nitrogens with one attached hydrogen (secondary N) is 1. The lowest BCUT2D eigenvalue weighted by atomic mass is 9.79. The molecule has 1 amide bonds. The Kier molecular flexibility index (Phi) is 4.06. The molecule has 2 aromatic rings. The van der Waals surface area contributed by atoms with E-state index in [1.165, 1.54) is 0 Å². The summed E-state index contributed by atoms with van der Waals surface area (Å²) in [6.45, 7) is 4.48. The molecule has 2 unspecified atom stereocenters.